The van der Waals surface area contributed by atoms with Crippen molar-refractivity contribution >= 4 is 13.7 Å². The zero-order chi connectivity index (χ0) is 12.5. The van der Waals surface area contributed by atoms with Crippen LogP contribution >= 0.6 is 0 Å². The van der Waals surface area contributed by atoms with Gasteiger partial charge in [-0.15, -0.1) is 0 Å². The molecular formula is C13H18N2OSi. The number of hydrogen-bond donors (Lipinski definition) is 0. The Bertz CT molecular complexity index is 509. The largest absolute Gasteiger partial charge is 0.398 e. The Hall–Kier alpha value is -1.39. The number of nitrogens with zero attached hydrogens (tertiary/aromatic N) is 2. The van der Waals surface area contributed by atoms with E-state index >= 15 is 0 Å². The topological polar surface area (TPSA) is 27.1 Å². The van der Waals surface area contributed by atoms with Crippen molar-refractivity contribution in [2.24, 2.45) is 0 Å². The van der Waals surface area contributed by atoms with Gasteiger partial charge in [-0.3, -0.25) is 4.35 Å². The third-order valence-electron chi connectivity index (χ3n) is 3.12. The molecule has 0 radical (unpaired) electrons. The smallest absolute Gasteiger partial charge is 0.352 e. The van der Waals surface area contributed by atoms with Gasteiger partial charge in [0.15, 0.2) is 0 Å². The van der Waals surface area contributed by atoms with E-state index in [1.807, 2.05) is 25.1 Å². The Morgan fingerprint density at radius 2 is 1.82 bits per heavy atom. The first kappa shape index (κ1) is 12.1. The molecule has 0 aliphatic rings. The molecule has 0 saturated heterocycles. The number of benzene rings is 1. The van der Waals surface area contributed by atoms with Crippen molar-refractivity contribution in [3.05, 3.63) is 47.8 Å². The second kappa shape index (κ2) is 4.47. The van der Waals surface area contributed by atoms with Crippen LogP contribution in [0.15, 0.2) is 36.4 Å². The molecule has 90 valence electrons. The average molecular weight is 246 g/mol. The lowest BCUT2D eigenvalue weighted by molar-refractivity contribution is 0.393. The van der Waals surface area contributed by atoms with Crippen LogP contribution < -0.4 is 5.19 Å². The molecule has 0 fully saturated rings. The highest BCUT2D eigenvalue weighted by Crippen LogP contribution is 2.12. The molecule has 2 rings (SSSR count). The van der Waals surface area contributed by atoms with E-state index in [9.17, 15) is 0 Å². The fourth-order valence-corrected chi connectivity index (χ4v) is 4.69. The molecule has 0 spiro atoms. The van der Waals surface area contributed by atoms with Crippen LogP contribution in [0.5, 0.6) is 0 Å². The summed E-state index contributed by atoms with van der Waals surface area (Å²) in [5, 5.41) is 5.81. The van der Waals surface area contributed by atoms with Crippen molar-refractivity contribution in [2.75, 3.05) is 7.11 Å². The zero-order valence-corrected chi connectivity index (χ0v) is 11.8. The highest BCUT2D eigenvalue weighted by Gasteiger charge is 2.35. The van der Waals surface area contributed by atoms with Gasteiger partial charge in [-0.05, 0) is 31.6 Å². The quantitative estimate of drug-likeness (QED) is 0.774. The van der Waals surface area contributed by atoms with E-state index in [0.29, 0.717) is 0 Å². The lowest BCUT2D eigenvalue weighted by Crippen LogP contribution is -2.55. The van der Waals surface area contributed by atoms with Crippen LogP contribution in [0.3, 0.4) is 0 Å². The van der Waals surface area contributed by atoms with Crippen molar-refractivity contribution in [2.45, 2.75) is 20.4 Å². The Balaban J connectivity index is 2.55. The minimum absolute atomic E-state index is 1.04. The SMILES string of the molecule is CO[Si](C)(c1ccccc1)n1nc(C)cc1C. The summed E-state index contributed by atoms with van der Waals surface area (Å²) in [5.41, 5.74) is 2.19. The molecule has 0 saturated carbocycles. The number of rotatable bonds is 3. The van der Waals surface area contributed by atoms with E-state index in [-0.39, 0.29) is 0 Å². The predicted molar refractivity (Wildman–Crippen MR) is 71.8 cm³/mol. The molecule has 0 N–H and O–H groups in total. The van der Waals surface area contributed by atoms with Crippen molar-refractivity contribution in [1.29, 1.82) is 0 Å². The summed E-state index contributed by atoms with van der Waals surface area (Å²) in [6.45, 7) is 6.26. The molecule has 0 aliphatic heterocycles. The molecule has 1 aromatic heterocycles. The van der Waals surface area contributed by atoms with Crippen LogP contribution in [0.4, 0.5) is 0 Å². The van der Waals surface area contributed by atoms with Crippen molar-refractivity contribution < 1.29 is 4.43 Å². The van der Waals surface area contributed by atoms with Gasteiger partial charge in [-0.1, -0.05) is 30.3 Å². The van der Waals surface area contributed by atoms with Crippen molar-refractivity contribution in [1.82, 2.24) is 9.45 Å². The summed E-state index contributed by atoms with van der Waals surface area (Å²) in [4.78, 5) is 0. The monoisotopic (exact) mass is 246 g/mol. The molecule has 2 aromatic rings. The molecule has 4 heteroatoms. The van der Waals surface area contributed by atoms with Gasteiger partial charge in [0, 0.05) is 12.8 Å². The summed E-state index contributed by atoms with van der Waals surface area (Å²) < 4.78 is 7.91. The summed E-state index contributed by atoms with van der Waals surface area (Å²) in [5.74, 6) is 0. The highest BCUT2D eigenvalue weighted by atomic mass is 28.4. The lowest BCUT2D eigenvalue weighted by Gasteiger charge is -2.27. The van der Waals surface area contributed by atoms with Gasteiger partial charge >= 0.3 is 8.48 Å². The number of aryl methyl sites for hydroxylation is 2. The number of hydrogen-bond acceptors (Lipinski definition) is 2. The average Bonchev–Trinajstić information content (AvgIpc) is 2.69. The van der Waals surface area contributed by atoms with Gasteiger partial charge in [-0.25, -0.2) is 0 Å². The minimum Gasteiger partial charge on any atom is -0.398 e. The van der Waals surface area contributed by atoms with E-state index in [1.54, 1.807) is 7.11 Å². The highest BCUT2D eigenvalue weighted by molar-refractivity contribution is 6.83. The first-order valence-electron chi connectivity index (χ1n) is 5.72. The third kappa shape index (κ3) is 2.06. The maximum atomic E-state index is 5.84. The van der Waals surface area contributed by atoms with Crippen LogP contribution in [-0.4, -0.2) is 25.0 Å². The Morgan fingerprint density at radius 1 is 1.18 bits per heavy atom. The first-order valence-corrected chi connectivity index (χ1v) is 8.08. The second-order valence-corrected chi connectivity index (χ2v) is 7.77. The Morgan fingerprint density at radius 3 is 2.29 bits per heavy atom. The maximum Gasteiger partial charge on any atom is 0.352 e. The van der Waals surface area contributed by atoms with Gasteiger partial charge in [0.05, 0.1) is 5.69 Å². The van der Waals surface area contributed by atoms with E-state index in [4.69, 9.17) is 4.43 Å². The molecule has 1 atom stereocenters. The molecule has 3 nitrogen and oxygen atoms in total. The predicted octanol–water partition coefficient (Wildman–Crippen LogP) is 1.97. The molecular weight excluding hydrogens is 228 g/mol. The fraction of sp³-hybridized carbons (Fsp3) is 0.308. The van der Waals surface area contributed by atoms with Crippen LogP contribution in [0.2, 0.25) is 6.55 Å². The normalized spacial score (nSPS) is 14.6. The third-order valence-corrected chi connectivity index (χ3v) is 6.58. The maximum absolute atomic E-state index is 5.84. The van der Waals surface area contributed by atoms with Gasteiger partial charge < -0.3 is 4.43 Å². The van der Waals surface area contributed by atoms with Crippen LogP contribution in [0.1, 0.15) is 11.4 Å². The summed E-state index contributed by atoms with van der Waals surface area (Å²) in [6.07, 6.45) is 0. The molecule has 1 heterocycles. The number of aromatic nitrogens is 2. The van der Waals surface area contributed by atoms with Gasteiger partial charge in [0.25, 0.3) is 0 Å². The molecule has 0 bridgehead atoms. The molecule has 0 aliphatic carbocycles. The fourth-order valence-electron chi connectivity index (χ4n) is 2.13. The molecule has 1 aromatic carbocycles. The first-order chi connectivity index (χ1) is 8.08. The van der Waals surface area contributed by atoms with E-state index in [0.717, 1.165) is 11.4 Å². The van der Waals surface area contributed by atoms with Crippen molar-refractivity contribution in [3.63, 3.8) is 0 Å². The molecule has 17 heavy (non-hydrogen) atoms. The van der Waals surface area contributed by atoms with Crippen molar-refractivity contribution in [3.8, 4) is 0 Å². The second-order valence-electron chi connectivity index (χ2n) is 4.39. The van der Waals surface area contributed by atoms with E-state index in [1.165, 1.54) is 5.19 Å². The van der Waals surface area contributed by atoms with Gasteiger partial charge in [-0.2, -0.15) is 5.10 Å². The lowest BCUT2D eigenvalue weighted by atomic mass is 10.4. The van der Waals surface area contributed by atoms with E-state index < -0.39 is 8.48 Å². The Kier molecular flexibility index (Phi) is 3.17. The summed E-state index contributed by atoms with van der Waals surface area (Å²) in [6, 6.07) is 12.4. The zero-order valence-electron chi connectivity index (χ0n) is 10.8. The van der Waals surface area contributed by atoms with Crippen LogP contribution in [-0.2, 0) is 4.43 Å². The standard InChI is InChI=1S/C13H18N2OSi/c1-11-10-12(2)15(14-11)17(4,16-3)13-8-6-5-7-9-13/h5-10H,1-4H3. The van der Waals surface area contributed by atoms with Crippen LogP contribution in [0, 0.1) is 13.8 Å². The minimum atomic E-state index is -2.19. The van der Waals surface area contributed by atoms with Gasteiger partial charge in [0.2, 0.25) is 0 Å². The van der Waals surface area contributed by atoms with Crippen LogP contribution in [0.25, 0.3) is 0 Å². The molecule has 1 unspecified atom stereocenters. The van der Waals surface area contributed by atoms with E-state index in [2.05, 4.69) is 41.1 Å². The van der Waals surface area contributed by atoms with Gasteiger partial charge in [0.1, 0.15) is 0 Å². The summed E-state index contributed by atoms with van der Waals surface area (Å²) in [7, 11) is -0.420. The Labute approximate surface area is 103 Å². The summed E-state index contributed by atoms with van der Waals surface area (Å²) >= 11 is 0. The molecule has 0 amide bonds.